The van der Waals surface area contributed by atoms with Crippen LogP contribution in [0.15, 0.2) is 52.6 Å². The van der Waals surface area contributed by atoms with Crippen LogP contribution in [0.1, 0.15) is 11.1 Å². The minimum Gasteiger partial charge on any atom is -0.268 e. The molecule has 6 nitrogen and oxygen atoms in total. The van der Waals surface area contributed by atoms with Crippen LogP contribution in [0.5, 0.6) is 0 Å². The number of aromatic nitrogens is 2. The molecule has 0 atom stereocenters. The van der Waals surface area contributed by atoms with Gasteiger partial charge >= 0.3 is 0 Å². The van der Waals surface area contributed by atoms with Gasteiger partial charge in [0.2, 0.25) is 0 Å². The van der Waals surface area contributed by atoms with Crippen LogP contribution in [0, 0.1) is 10.1 Å². The van der Waals surface area contributed by atoms with Crippen LogP contribution < -0.4 is 5.56 Å². The summed E-state index contributed by atoms with van der Waals surface area (Å²) in [6, 6.07) is 11.8. The smallest absolute Gasteiger partial charge is 0.268 e. The standard InChI is InChI=1S/C15H11N3O3S/c19-15-11(7-10-3-1-4-12(8-10)18(20)21)9-13(16-17-15)14-5-2-6-22-14/h1-6,8-9H,7H2,(H,17,19). The maximum atomic E-state index is 11.9. The molecule has 2 heterocycles. The van der Waals surface area contributed by atoms with E-state index in [9.17, 15) is 14.9 Å². The molecule has 1 aromatic carbocycles. The van der Waals surface area contributed by atoms with Crippen LogP contribution in [0.2, 0.25) is 0 Å². The molecule has 7 heteroatoms. The molecular weight excluding hydrogens is 302 g/mol. The molecule has 1 N–H and O–H groups in total. The van der Waals surface area contributed by atoms with Gasteiger partial charge in [0.25, 0.3) is 11.2 Å². The Labute approximate surface area is 129 Å². The summed E-state index contributed by atoms with van der Waals surface area (Å²) in [7, 11) is 0. The van der Waals surface area contributed by atoms with Gasteiger partial charge in [-0.2, -0.15) is 5.10 Å². The predicted molar refractivity (Wildman–Crippen MR) is 84.1 cm³/mol. The molecule has 0 aliphatic carbocycles. The summed E-state index contributed by atoms with van der Waals surface area (Å²) in [4.78, 5) is 23.2. The minimum absolute atomic E-state index is 0.0152. The molecule has 3 aromatic rings. The van der Waals surface area contributed by atoms with Gasteiger partial charge < -0.3 is 0 Å². The highest BCUT2D eigenvalue weighted by Gasteiger charge is 2.10. The summed E-state index contributed by atoms with van der Waals surface area (Å²) in [5.41, 5.74) is 1.66. The summed E-state index contributed by atoms with van der Waals surface area (Å²) >= 11 is 1.53. The molecule has 22 heavy (non-hydrogen) atoms. The lowest BCUT2D eigenvalue weighted by atomic mass is 10.1. The van der Waals surface area contributed by atoms with Crippen molar-refractivity contribution in [3.8, 4) is 10.6 Å². The van der Waals surface area contributed by atoms with E-state index in [1.165, 1.54) is 23.5 Å². The Balaban J connectivity index is 1.95. The normalized spacial score (nSPS) is 10.5. The maximum Gasteiger partial charge on any atom is 0.269 e. The molecule has 0 radical (unpaired) electrons. The fourth-order valence-corrected chi connectivity index (χ4v) is 2.81. The van der Waals surface area contributed by atoms with E-state index in [2.05, 4.69) is 10.2 Å². The molecule has 0 bridgehead atoms. The SMILES string of the molecule is O=c1[nH]nc(-c2cccs2)cc1Cc1cccc([N+](=O)[O-])c1. The van der Waals surface area contributed by atoms with E-state index in [4.69, 9.17) is 0 Å². The molecule has 110 valence electrons. The number of hydrogen-bond donors (Lipinski definition) is 1. The molecule has 0 amide bonds. The fraction of sp³-hybridized carbons (Fsp3) is 0.0667. The lowest BCUT2D eigenvalue weighted by Crippen LogP contribution is -2.14. The molecule has 0 aliphatic heterocycles. The minimum atomic E-state index is -0.447. The number of nitro groups is 1. The number of rotatable bonds is 4. The van der Waals surface area contributed by atoms with Crippen molar-refractivity contribution in [2.24, 2.45) is 0 Å². The number of H-pyrrole nitrogens is 1. The number of benzene rings is 1. The van der Waals surface area contributed by atoms with Crippen molar-refractivity contribution < 1.29 is 4.92 Å². The topological polar surface area (TPSA) is 88.9 Å². The van der Waals surface area contributed by atoms with Crippen molar-refractivity contribution in [3.05, 3.63) is 79.4 Å². The number of hydrogen-bond acceptors (Lipinski definition) is 5. The number of thiophene rings is 1. The summed E-state index contributed by atoms with van der Waals surface area (Å²) < 4.78 is 0. The van der Waals surface area contributed by atoms with Gasteiger partial charge in [0.05, 0.1) is 9.80 Å². The quantitative estimate of drug-likeness (QED) is 0.592. The number of aromatic amines is 1. The Morgan fingerprint density at radius 2 is 2.09 bits per heavy atom. The average molecular weight is 313 g/mol. The van der Waals surface area contributed by atoms with Crippen LogP contribution >= 0.6 is 11.3 Å². The Hall–Kier alpha value is -2.80. The molecule has 0 spiro atoms. The van der Waals surface area contributed by atoms with Crippen LogP contribution in [-0.2, 0) is 6.42 Å². The fourth-order valence-electron chi connectivity index (χ4n) is 2.13. The lowest BCUT2D eigenvalue weighted by Gasteiger charge is -2.03. The van der Waals surface area contributed by atoms with E-state index in [-0.39, 0.29) is 11.2 Å². The van der Waals surface area contributed by atoms with Gasteiger partial charge in [0.15, 0.2) is 0 Å². The number of nitro benzene ring substituents is 1. The molecule has 0 unspecified atom stereocenters. The van der Waals surface area contributed by atoms with Crippen molar-refractivity contribution >= 4 is 17.0 Å². The van der Waals surface area contributed by atoms with Crippen molar-refractivity contribution in [1.29, 1.82) is 0 Å². The zero-order valence-corrected chi connectivity index (χ0v) is 12.2. The Bertz CT molecular complexity index is 872. The maximum absolute atomic E-state index is 11.9. The number of non-ortho nitro benzene ring substituents is 1. The van der Waals surface area contributed by atoms with Gasteiger partial charge in [0, 0.05) is 24.1 Å². The second kappa shape index (κ2) is 5.90. The van der Waals surface area contributed by atoms with Crippen molar-refractivity contribution in [2.45, 2.75) is 6.42 Å². The van der Waals surface area contributed by atoms with E-state index < -0.39 is 4.92 Å². The molecule has 0 saturated heterocycles. The first-order valence-corrected chi connectivity index (χ1v) is 7.37. The van der Waals surface area contributed by atoms with Crippen LogP contribution in [0.4, 0.5) is 5.69 Å². The second-order valence-corrected chi connectivity index (χ2v) is 5.64. The van der Waals surface area contributed by atoms with E-state index in [1.807, 2.05) is 17.5 Å². The summed E-state index contributed by atoms with van der Waals surface area (Å²) in [5.74, 6) is 0. The van der Waals surface area contributed by atoms with Crippen LogP contribution in [0.3, 0.4) is 0 Å². The van der Waals surface area contributed by atoms with E-state index in [0.29, 0.717) is 23.2 Å². The largest absolute Gasteiger partial charge is 0.269 e. The molecule has 0 aliphatic rings. The van der Waals surface area contributed by atoms with Crippen molar-refractivity contribution in [3.63, 3.8) is 0 Å². The summed E-state index contributed by atoms with van der Waals surface area (Å²) in [6.07, 6.45) is 0.317. The van der Waals surface area contributed by atoms with E-state index in [0.717, 1.165) is 4.88 Å². The van der Waals surface area contributed by atoms with Gasteiger partial charge in [0.1, 0.15) is 5.69 Å². The zero-order chi connectivity index (χ0) is 15.5. The number of nitrogens with zero attached hydrogens (tertiary/aromatic N) is 2. The predicted octanol–water partition coefficient (Wildman–Crippen LogP) is 3.00. The number of nitrogens with one attached hydrogen (secondary N) is 1. The highest BCUT2D eigenvalue weighted by Crippen LogP contribution is 2.22. The third-order valence-electron chi connectivity index (χ3n) is 3.17. The Kier molecular flexibility index (Phi) is 3.80. The van der Waals surface area contributed by atoms with Gasteiger partial charge in [-0.25, -0.2) is 5.10 Å². The molecular formula is C15H11N3O3S. The molecule has 3 rings (SSSR count). The van der Waals surface area contributed by atoms with E-state index >= 15 is 0 Å². The average Bonchev–Trinajstić information content (AvgIpc) is 3.04. The molecule has 0 saturated carbocycles. The first-order chi connectivity index (χ1) is 10.6. The summed E-state index contributed by atoms with van der Waals surface area (Å²) in [6.45, 7) is 0. The zero-order valence-electron chi connectivity index (χ0n) is 11.4. The van der Waals surface area contributed by atoms with Crippen LogP contribution in [0.25, 0.3) is 10.6 Å². The summed E-state index contributed by atoms with van der Waals surface area (Å²) in [5, 5.41) is 19.3. The third kappa shape index (κ3) is 2.94. The Morgan fingerprint density at radius 1 is 1.23 bits per heavy atom. The lowest BCUT2D eigenvalue weighted by molar-refractivity contribution is -0.384. The van der Waals surface area contributed by atoms with Gasteiger partial charge in [-0.3, -0.25) is 14.9 Å². The van der Waals surface area contributed by atoms with Gasteiger partial charge in [-0.05, 0) is 23.1 Å². The first kappa shape index (κ1) is 14.2. The van der Waals surface area contributed by atoms with Gasteiger partial charge in [-0.1, -0.05) is 18.2 Å². The van der Waals surface area contributed by atoms with E-state index in [1.54, 1.807) is 18.2 Å². The van der Waals surface area contributed by atoms with Crippen molar-refractivity contribution in [1.82, 2.24) is 10.2 Å². The molecule has 0 fully saturated rings. The molecule has 2 aromatic heterocycles. The van der Waals surface area contributed by atoms with Gasteiger partial charge in [-0.15, -0.1) is 11.3 Å². The van der Waals surface area contributed by atoms with Crippen molar-refractivity contribution in [2.75, 3.05) is 0 Å². The Morgan fingerprint density at radius 3 is 2.82 bits per heavy atom. The highest BCUT2D eigenvalue weighted by atomic mass is 32.1. The van der Waals surface area contributed by atoms with Crippen LogP contribution in [-0.4, -0.2) is 15.1 Å². The second-order valence-electron chi connectivity index (χ2n) is 4.69. The first-order valence-electron chi connectivity index (χ1n) is 6.49. The monoisotopic (exact) mass is 313 g/mol. The third-order valence-corrected chi connectivity index (χ3v) is 4.06. The highest BCUT2D eigenvalue weighted by molar-refractivity contribution is 7.13.